The van der Waals surface area contributed by atoms with E-state index >= 15 is 0 Å². The fraction of sp³-hybridized carbons (Fsp3) is 0.250. The van der Waals surface area contributed by atoms with Gasteiger partial charge >= 0.3 is 0 Å². The average molecular weight is 284 g/mol. The first kappa shape index (κ1) is 13.1. The predicted octanol–water partition coefficient (Wildman–Crippen LogP) is 3.67. The molecule has 0 fully saturated rings. The molecule has 102 valence electrons. The number of fused-ring (bicyclic) bond motifs is 1. The van der Waals surface area contributed by atoms with Crippen molar-refractivity contribution >= 4 is 27.7 Å². The van der Waals surface area contributed by atoms with Crippen molar-refractivity contribution in [3.8, 4) is 0 Å². The first-order chi connectivity index (χ1) is 9.58. The molecule has 0 saturated carbocycles. The molecular weight excluding hydrogens is 268 g/mol. The lowest BCUT2D eigenvalue weighted by Gasteiger charge is -2.02. The molecule has 0 unspecified atom stereocenters. The van der Waals surface area contributed by atoms with Crippen molar-refractivity contribution in [1.29, 1.82) is 0 Å². The molecule has 0 amide bonds. The summed E-state index contributed by atoms with van der Waals surface area (Å²) in [6.45, 7) is 4.06. The van der Waals surface area contributed by atoms with Crippen LogP contribution >= 0.6 is 11.3 Å². The van der Waals surface area contributed by atoms with Gasteiger partial charge in [-0.05, 0) is 23.5 Å². The number of hydrogen-bond acceptors (Lipinski definition) is 4. The molecule has 3 nitrogen and oxygen atoms in total. The highest BCUT2D eigenvalue weighted by molar-refractivity contribution is 7.18. The summed E-state index contributed by atoms with van der Waals surface area (Å²) in [5.41, 5.74) is 9.76. The van der Waals surface area contributed by atoms with Crippen LogP contribution in [0.25, 0.3) is 5.57 Å². The molecule has 0 aliphatic heterocycles. The lowest BCUT2D eigenvalue weighted by molar-refractivity contribution is 0.105. The molecule has 1 aliphatic carbocycles. The smallest absolute Gasteiger partial charge is 0.221 e. The maximum Gasteiger partial charge on any atom is 0.221 e. The van der Waals surface area contributed by atoms with Gasteiger partial charge in [0.15, 0.2) is 5.01 Å². The van der Waals surface area contributed by atoms with Crippen molar-refractivity contribution in [2.75, 3.05) is 5.73 Å². The molecule has 0 bridgehead atoms. The number of ketones is 1. The second-order valence-corrected chi connectivity index (χ2v) is 6.26. The van der Waals surface area contributed by atoms with Crippen LogP contribution < -0.4 is 5.73 Å². The van der Waals surface area contributed by atoms with Gasteiger partial charge in [-0.3, -0.25) is 4.79 Å². The number of allylic oxidation sites excluding steroid dienone is 2. The lowest BCUT2D eigenvalue weighted by Crippen LogP contribution is -2.02. The molecule has 3 rings (SSSR count). The van der Waals surface area contributed by atoms with Gasteiger partial charge in [0, 0.05) is 5.57 Å². The van der Waals surface area contributed by atoms with Crippen LogP contribution in [0.15, 0.2) is 30.3 Å². The summed E-state index contributed by atoms with van der Waals surface area (Å²) in [6.07, 6.45) is 2.80. The van der Waals surface area contributed by atoms with E-state index in [4.69, 9.17) is 5.73 Å². The van der Waals surface area contributed by atoms with Gasteiger partial charge in [0.05, 0.1) is 5.69 Å². The number of benzene rings is 1. The number of nitrogens with zero attached hydrogens (tertiary/aromatic N) is 1. The Balaban J connectivity index is 1.97. The number of anilines is 1. The minimum Gasteiger partial charge on any atom is -0.389 e. The molecule has 4 heteroatoms. The van der Waals surface area contributed by atoms with E-state index < -0.39 is 0 Å². The SMILES string of the molecule is CC(C)c1nc(C(=O)C2=CCc3ccccc32)sc1N. The standard InChI is InChI=1S/C16H16N2OS/c1-9(2)13-15(17)20-16(18-13)14(19)12-8-7-10-5-3-4-6-11(10)12/h3-6,8-9H,7,17H2,1-2H3. The van der Waals surface area contributed by atoms with Crippen LogP contribution in [0.3, 0.4) is 0 Å². The van der Waals surface area contributed by atoms with Crippen LogP contribution in [0.5, 0.6) is 0 Å². The molecule has 1 aromatic heterocycles. The Labute approximate surface area is 122 Å². The Morgan fingerprint density at radius 2 is 2.10 bits per heavy atom. The predicted molar refractivity (Wildman–Crippen MR) is 83.1 cm³/mol. The Morgan fingerprint density at radius 3 is 2.80 bits per heavy atom. The van der Waals surface area contributed by atoms with Gasteiger partial charge in [0.1, 0.15) is 5.00 Å². The van der Waals surface area contributed by atoms with Crippen molar-refractivity contribution < 1.29 is 4.79 Å². The summed E-state index contributed by atoms with van der Waals surface area (Å²) < 4.78 is 0. The molecular formula is C16H16N2OS. The monoisotopic (exact) mass is 284 g/mol. The Bertz CT molecular complexity index is 713. The van der Waals surface area contributed by atoms with E-state index in [0.717, 1.165) is 23.3 Å². The summed E-state index contributed by atoms with van der Waals surface area (Å²) in [5.74, 6) is 0.219. The Morgan fingerprint density at radius 1 is 1.35 bits per heavy atom. The Hall–Kier alpha value is -1.94. The summed E-state index contributed by atoms with van der Waals surface area (Å²) in [6, 6.07) is 8.01. The number of aromatic nitrogens is 1. The fourth-order valence-corrected chi connectivity index (χ4v) is 3.41. The molecule has 0 spiro atoms. The zero-order chi connectivity index (χ0) is 14.3. The van der Waals surface area contributed by atoms with Crippen LogP contribution in [-0.2, 0) is 6.42 Å². The van der Waals surface area contributed by atoms with Gasteiger partial charge < -0.3 is 5.73 Å². The van der Waals surface area contributed by atoms with Gasteiger partial charge in [-0.1, -0.05) is 55.5 Å². The number of carbonyl (C=O) groups excluding carboxylic acids is 1. The van der Waals surface area contributed by atoms with Crippen molar-refractivity contribution in [2.45, 2.75) is 26.2 Å². The van der Waals surface area contributed by atoms with E-state index in [1.165, 1.54) is 16.9 Å². The zero-order valence-corrected chi connectivity index (χ0v) is 12.3. The van der Waals surface area contributed by atoms with Crippen LogP contribution in [0.1, 0.15) is 46.4 Å². The summed E-state index contributed by atoms with van der Waals surface area (Å²) >= 11 is 1.29. The van der Waals surface area contributed by atoms with E-state index in [-0.39, 0.29) is 11.7 Å². The first-order valence-electron chi connectivity index (χ1n) is 6.67. The molecule has 0 saturated heterocycles. The maximum absolute atomic E-state index is 12.6. The maximum atomic E-state index is 12.6. The number of hydrogen-bond donors (Lipinski definition) is 1. The fourth-order valence-electron chi connectivity index (χ4n) is 2.47. The van der Waals surface area contributed by atoms with Gasteiger partial charge in [0.2, 0.25) is 5.78 Å². The van der Waals surface area contributed by atoms with Crippen LogP contribution in [0, 0.1) is 0 Å². The van der Waals surface area contributed by atoms with E-state index in [1.54, 1.807) is 0 Å². The average Bonchev–Trinajstić information content (AvgIpc) is 3.01. The minimum atomic E-state index is -0.0152. The number of nitrogens with two attached hydrogens (primary N) is 1. The van der Waals surface area contributed by atoms with E-state index in [2.05, 4.69) is 11.1 Å². The molecule has 1 aliphatic rings. The molecule has 2 N–H and O–H groups in total. The first-order valence-corrected chi connectivity index (χ1v) is 7.49. The summed E-state index contributed by atoms with van der Waals surface area (Å²) in [4.78, 5) is 17.1. The van der Waals surface area contributed by atoms with Gasteiger partial charge in [0.25, 0.3) is 0 Å². The number of nitrogen functional groups attached to an aromatic ring is 1. The van der Waals surface area contributed by atoms with E-state index in [0.29, 0.717) is 10.0 Å². The van der Waals surface area contributed by atoms with Crippen LogP contribution in [0.4, 0.5) is 5.00 Å². The quantitative estimate of drug-likeness (QED) is 0.875. The second-order valence-electron chi connectivity index (χ2n) is 5.23. The highest BCUT2D eigenvalue weighted by Crippen LogP contribution is 2.33. The number of thiazole rings is 1. The third kappa shape index (κ3) is 2.06. The molecule has 2 aromatic rings. The lowest BCUT2D eigenvalue weighted by atomic mass is 10.0. The molecule has 0 radical (unpaired) electrons. The van der Waals surface area contributed by atoms with Crippen LogP contribution in [0.2, 0.25) is 0 Å². The normalized spacial score (nSPS) is 13.4. The molecule has 20 heavy (non-hydrogen) atoms. The Kier molecular flexibility index (Phi) is 3.18. The highest BCUT2D eigenvalue weighted by Gasteiger charge is 2.24. The number of rotatable bonds is 3. The van der Waals surface area contributed by atoms with Gasteiger partial charge in [-0.2, -0.15) is 0 Å². The zero-order valence-electron chi connectivity index (χ0n) is 11.5. The molecule has 0 atom stereocenters. The third-order valence-corrected chi connectivity index (χ3v) is 4.40. The van der Waals surface area contributed by atoms with Crippen molar-refractivity contribution in [3.63, 3.8) is 0 Å². The largest absolute Gasteiger partial charge is 0.389 e. The van der Waals surface area contributed by atoms with Crippen molar-refractivity contribution in [1.82, 2.24) is 4.98 Å². The summed E-state index contributed by atoms with van der Waals surface area (Å²) in [7, 11) is 0. The highest BCUT2D eigenvalue weighted by atomic mass is 32.1. The van der Waals surface area contributed by atoms with Crippen LogP contribution in [-0.4, -0.2) is 10.8 Å². The molecule has 1 heterocycles. The minimum absolute atomic E-state index is 0.0152. The van der Waals surface area contributed by atoms with Gasteiger partial charge in [-0.25, -0.2) is 4.98 Å². The molecule has 1 aromatic carbocycles. The topological polar surface area (TPSA) is 56.0 Å². The van der Waals surface area contributed by atoms with Gasteiger partial charge in [-0.15, -0.1) is 0 Å². The third-order valence-electron chi connectivity index (χ3n) is 3.50. The number of carbonyl (C=O) groups is 1. The van der Waals surface area contributed by atoms with E-state index in [9.17, 15) is 4.79 Å². The van der Waals surface area contributed by atoms with Crippen molar-refractivity contribution in [2.24, 2.45) is 0 Å². The second kappa shape index (κ2) is 4.87. The van der Waals surface area contributed by atoms with E-state index in [1.807, 2.05) is 38.1 Å². The number of Topliss-reactive ketones (excluding diaryl/α,β-unsaturated/α-hetero) is 1. The summed E-state index contributed by atoms with van der Waals surface area (Å²) in [5, 5.41) is 1.14. The van der Waals surface area contributed by atoms with Crippen molar-refractivity contribution in [3.05, 3.63) is 52.2 Å².